The number of aryl methyl sites for hydroxylation is 2. The molecule has 0 N–H and O–H groups in total. The number of aromatic nitrogens is 1. The number of nitrogens with zero attached hydrogens (tertiary/aromatic N) is 3. The second-order valence-electron chi connectivity index (χ2n) is 6.57. The van der Waals surface area contributed by atoms with Gasteiger partial charge in [-0.05, 0) is 70.2 Å². The van der Waals surface area contributed by atoms with E-state index >= 15 is 0 Å². The number of anilines is 1. The Labute approximate surface area is 179 Å². The third-order valence-electron chi connectivity index (χ3n) is 4.32. The Morgan fingerprint density at radius 3 is 2.48 bits per heavy atom. The molecule has 3 aromatic rings. The molecule has 0 fully saturated rings. The third kappa shape index (κ3) is 5.00. The minimum absolute atomic E-state index is 0. The van der Waals surface area contributed by atoms with E-state index < -0.39 is 0 Å². The molecule has 1 aromatic carbocycles. The molecule has 27 heavy (non-hydrogen) atoms. The molecule has 0 radical (unpaired) electrons. The maximum Gasteiger partial charge on any atom is 0.270 e. The van der Waals surface area contributed by atoms with E-state index in [1.165, 1.54) is 22.5 Å². The lowest BCUT2D eigenvalue weighted by atomic mass is 10.1. The number of halogens is 2. The van der Waals surface area contributed by atoms with Crippen molar-refractivity contribution in [2.75, 3.05) is 32.1 Å². The van der Waals surface area contributed by atoms with Crippen molar-refractivity contribution in [3.05, 3.63) is 44.6 Å². The Hall–Kier alpha value is -1.18. The van der Waals surface area contributed by atoms with Gasteiger partial charge < -0.3 is 4.90 Å². The topological polar surface area (TPSA) is 36.4 Å². The van der Waals surface area contributed by atoms with Crippen molar-refractivity contribution in [1.29, 1.82) is 0 Å². The fourth-order valence-electron chi connectivity index (χ4n) is 2.72. The molecule has 8 heteroatoms. The van der Waals surface area contributed by atoms with E-state index in [-0.39, 0.29) is 18.3 Å². The number of hydrogen-bond acceptors (Lipinski definition) is 5. The molecule has 0 unspecified atom stereocenters. The van der Waals surface area contributed by atoms with Crippen LogP contribution in [0.4, 0.5) is 5.13 Å². The normalized spacial score (nSPS) is 11.0. The number of hydrogen-bond donors (Lipinski definition) is 0. The number of amides is 1. The fourth-order valence-corrected chi connectivity index (χ4v) is 4.76. The van der Waals surface area contributed by atoms with Crippen molar-refractivity contribution in [3.63, 3.8) is 0 Å². The zero-order valence-electron chi connectivity index (χ0n) is 15.8. The molecule has 0 aliphatic heterocycles. The quantitative estimate of drug-likeness (QED) is 0.493. The van der Waals surface area contributed by atoms with Crippen LogP contribution in [0.15, 0.2) is 24.3 Å². The molecule has 3 rings (SSSR count). The molecular weight excluding hydrogens is 421 g/mol. The van der Waals surface area contributed by atoms with Gasteiger partial charge in [0.25, 0.3) is 5.91 Å². The van der Waals surface area contributed by atoms with E-state index in [9.17, 15) is 4.79 Å². The highest BCUT2D eigenvalue weighted by Gasteiger charge is 2.23. The number of benzene rings is 1. The van der Waals surface area contributed by atoms with E-state index in [1.807, 2.05) is 14.1 Å². The van der Waals surface area contributed by atoms with E-state index in [1.54, 1.807) is 28.4 Å². The molecular formula is C19H23Cl2N3OS2. The maximum absolute atomic E-state index is 13.1. The van der Waals surface area contributed by atoms with Gasteiger partial charge in [0.2, 0.25) is 0 Å². The first kappa shape index (κ1) is 22.1. The standard InChI is InChI=1S/C19H22ClN3OS2.ClH/c1-12-6-7-14-17(13(12)2)21-19(26-14)23(11-5-10-22(3)4)18(24)15-8-9-16(20)25-15;/h6-9H,5,10-11H2,1-4H3;1H. The second-order valence-corrected chi connectivity index (χ2v) is 9.29. The van der Waals surface area contributed by atoms with Crippen molar-refractivity contribution in [2.45, 2.75) is 20.3 Å². The van der Waals surface area contributed by atoms with Gasteiger partial charge in [-0.25, -0.2) is 4.98 Å². The van der Waals surface area contributed by atoms with Crippen molar-refractivity contribution in [1.82, 2.24) is 9.88 Å². The highest BCUT2D eigenvalue weighted by Crippen LogP contribution is 2.33. The van der Waals surface area contributed by atoms with Crippen LogP contribution in [0.3, 0.4) is 0 Å². The van der Waals surface area contributed by atoms with E-state index in [4.69, 9.17) is 16.6 Å². The summed E-state index contributed by atoms with van der Waals surface area (Å²) in [6.07, 6.45) is 0.881. The predicted octanol–water partition coefficient (Wildman–Crippen LogP) is 5.65. The molecule has 0 saturated carbocycles. The van der Waals surface area contributed by atoms with Gasteiger partial charge in [0, 0.05) is 6.54 Å². The van der Waals surface area contributed by atoms with Gasteiger partial charge in [-0.1, -0.05) is 29.0 Å². The summed E-state index contributed by atoms with van der Waals surface area (Å²) in [5.41, 5.74) is 3.37. The fraction of sp³-hybridized carbons (Fsp3) is 0.368. The van der Waals surface area contributed by atoms with Gasteiger partial charge in [0.15, 0.2) is 5.13 Å². The van der Waals surface area contributed by atoms with Crippen LogP contribution in [0.2, 0.25) is 4.34 Å². The minimum atomic E-state index is -0.0333. The zero-order valence-corrected chi connectivity index (χ0v) is 19.0. The average molecular weight is 444 g/mol. The molecule has 146 valence electrons. The van der Waals surface area contributed by atoms with E-state index in [0.29, 0.717) is 15.8 Å². The van der Waals surface area contributed by atoms with E-state index in [2.05, 4.69) is 30.9 Å². The van der Waals surface area contributed by atoms with Crippen LogP contribution in [0, 0.1) is 13.8 Å². The molecule has 0 aliphatic rings. The zero-order chi connectivity index (χ0) is 18.8. The maximum atomic E-state index is 13.1. The van der Waals surface area contributed by atoms with Gasteiger partial charge in [-0.3, -0.25) is 9.69 Å². The lowest BCUT2D eigenvalue weighted by Gasteiger charge is -2.20. The Bertz CT molecular complexity index is 936. The smallest absolute Gasteiger partial charge is 0.270 e. The molecule has 0 bridgehead atoms. The summed E-state index contributed by atoms with van der Waals surface area (Å²) in [4.78, 5) is 22.5. The summed E-state index contributed by atoms with van der Waals surface area (Å²) in [7, 11) is 4.07. The van der Waals surface area contributed by atoms with E-state index in [0.717, 1.165) is 28.3 Å². The third-order valence-corrected chi connectivity index (χ3v) is 6.58. The number of carbonyl (C=O) groups excluding carboxylic acids is 1. The summed E-state index contributed by atoms with van der Waals surface area (Å²) in [5, 5.41) is 0.752. The molecule has 0 spiro atoms. The Morgan fingerprint density at radius 2 is 1.85 bits per heavy atom. The van der Waals surface area contributed by atoms with Gasteiger partial charge >= 0.3 is 0 Å². The first-order valence-electron chi connectivity index (χ1n) is 8.45. The van der Waals surface area contributed by atoms with Crippen LogP contribution < -0.4 is 4.90 Å². The number of fused-ring (bicyclic) bond motifs is 1. The first-order valence-corrected chi connectivity index (χ1v) is 10.5. The highest BCUT2D eigenvalue weighted by atomic mass is 35.5. The van der Waals surface area contributed by atoms with Crippen LogP contribution >= 0.6 is 46.7 Å². The Morgan fingerprint density at radius 1 is 1.11 bits per heavy atom. The number of carbonyl (C=O) groups is 1. The summed E-state index contributed by atoms with van der Waals surface area (Å²) in [6, 6.07) is 7.75. The summed E-state index contributed by atoms with van der Waals surface area (Å²) in [6.45, 7) is 5.71. The number of rotatable bonds is 6. The SMILES string of the molecule is Cc1ccc2sc(N(CCCN(C)C)C(=O)c3ccc(Cl)s3)nc2c1C.Cl. The van der Waals surface area contributed by atoms with Crippen molar-refractivity contribution >= 4 is 67.9 Å². The predicted molar refractivity (Wildman–Crippen MR) is 121 cm³/mol. The lowest BCUT2D eigenvalue weighted by molar-refractivity contribution is 0.0990. The van der Waals surface area contributed by atoms with Gasteiger partial charge in [0.1, 0.15) is 0 Å². The van der Waals surface area contributed by atoms with Crippen LogP contribution in [0.1, 0.15) is 27.2 Å². The van der Waals surface area contributed by atoms with Crippen LogP contribution in [0.5, 0.6) is 0 Å². The van der Waals surface area contributed by atoms with Gasteiger partial charge in [-0.2, -0.15) is 0 Å². The number of thiophene rings is 1. The highest BCUT2D eigenvalue weighted by molar-refractivity contribution is 7.22. The van der Waals surface area contributed by atoms with Crippen molar-refractivity contribution in [2.24, 2.45) is 0 Å². The van der Waals surface area contributed by atoms with Crippen molar-refractivity contribution < 1.29 is 4.79 Å². The molecule has 0 aliphatic carbocycles. The van der Waals surface area contributed by atoms with Gasteiger partial charge in [0.05, 0.1) is 19.4 Å². The van der Waals surface area contributed by atoms with Crippen LogP contribution in [-0.4, -0.2) is 43.0 Å². The van der Waals surface area contributed by atoms with Crippen LogP contribution in [-0.2, 0) is 0 Å². The lowest BCUT2D eigenvalue weighted by Crippen LogP contribution is -2.32. The summed E-state index contributed by atoms with van der Waals surface area (Å²) < 4.78 is 1.73. The number of thiazole rings is 1. The largest absolute Gasteiger partial charge is 0.309 e. The molecule has 4 nitrogen and oxygen atoms in total. The average Bonchev–Trinajstić information content (AvgIpc) is 3.21. The Kier molecular flexibility index (Phi) is 7.65. The summed E-state index contributed by atoms with van der Waals surface area (Å²) in [5.74, 6) is -0.0333. The molecule has 0 atom stereocenters. The molecule has 2 aromatic heterocycles. The molecule has 2 heterocycles. The van der Waals surface area contributed by atoms with Gasteiger partial charge in [-0.15, -0.1) is 23.7 Å². The Balaban J connectivity index is 0.00000261. The van der Waals surface area contributed by atoms with Crippen LogP contribution in [0.25, 0.3) is 10.2 Å². The monoisotopic (exact) mass is 443 g/mol. The first-order chi connectivity index (χ1) is 12.4. The minimum Gasteiger partial charge on any atom is -0.309 e. The summed E-state index contributed by atoms with van der Waals surface area (Å²) >= 11 is 8.91. The second kappa shape index (κ2) is 9.34. The molecule has 0 saturated heterocycles. The van der Waals surface area contributed by atoms with Crippen molar-refractivity contribution in [3.8, 4) is 0 Å². The molecule has 1 amide bonds.